The van der Waals surface area contributed by atoms with Crippen molar-refractivity contribution in [2.75, 3.05) is 0 Å². The zero-order valence-corrected chi connectivity index (χ0v) is 23.2. The smallest absolute Gasteiger partial charge is 0.238 e. The number of nitrogens with zero attached hydrogens (tertiary/aromatic N) is 1. The number of benzene rings is 3. The van der Waals surface area contributed by atoms with E-state index in [1.54, 1.807) is 24.3 Å². The molecule has 1 fully saturated rings. The average Bonchev–Trinajstić information content (AvgIpc) is 3.64. The molecule has 13 heteroatoms. The van der Waals surface area contributed by atoms with Gasteiger partial charge in [-0.15, -0.1) is 0 Å². The number of aromatic nitrogens is 1. The van der Waals surface area contributed by atoms with E-state index in [4.69, 9.17) is 42.3 Å². The van der Waals surface area contributed by atoms with Gasteiger partial charge in [0.15, 0.2) is 9.84 Å². The normalized spacial score (nSPS) is 16.1. The van der Waals surface area contributed by atoms with Crippen LogP contribution in [0, 0.1) is 0 Å². The summed E-state index contributed by atoms with van der Waals surface area (Å²) in [5, 5.41) is 10.3. The molecule has 0 radical (unpaired) electrons. The number of sulfone groups is 1. The highest BCUT2D eigenvalue weighted by atomic mass is 35.5. The summed E-state index contributed by atoms with van der Waals surface area (Å²) in [5.74, 6) is 0.921. The van der Waals surface area contributed by atoms with Gasteiger partial charge in [-0.25, -0.2) is 22.0 Å². The van der Waals surface area contributed by atoms with Gasteiger partial charge in [0.25, 0.3) is 0 Å². The molecule has 1 aliphatic carbocycles. The van der Waals surface area contributed by atoms with Crippen LogP contribution in [0.5, 0.6) is 17.2 Å². The Balaban J connectivity index is 1.33. The van der Waals surface area contributed by atoms with Gasteiger partial charge in [-0.1, -0.05) is 40.5 Å². The second-order valence-corrected chi connectivity index (χ2v) is 13.7. The molecule has 0 amide bonds. The lowest BCUT2D eigenvalue weighted by Crippen LogP contribution is -2.12. The monoisotopic (exact) mass is 606 g/mol. The lowest BCUT2D eigenvalue weighted by Gasteiger charge is -2.12. The van der Waals surface area contributed by atoms with Crippen LogP contribution in [0.25, 0.3) is 11.3 Å². The van der Waals surface area contributed by atoms with Crippen LogP contribution in [0.2, 0.25) is 10.0 Å². The number of primary sulfonamides is 1. The topological polar surface area (TPSA) is 139 Å². The first-order valence-electron chi connectivity index (χ1n) is 11.8. The van der Waals surface area contributed by atoms with E-state index in [0.29, 0.717) is 38.2 Å². The number of hydrogen-bond acceptors (Lipinski definition) is 8. The van der Waals surface area contributed by atoms with E-state index in [1.165, 1.54) is 30.3 Å². The Kier molecular flexibility index (Phi) is 6.39. The van der Waals surface area contributed by atoms with E-state index >= 15 is 0 Å². The van der Waals surface area contributed by atoms with E-state index in [-0.39, 0.29) is 39.6 Å². The Morgan fingerprint density at radius 1 is 1.03 bits per heavy atom. The van der Waals surface area contributed by atoms with Gasteiger partial charge in [-0.05, 0) is 43.2 Å². The number of hydrogen-bond donors (Lipinski definition) is 1. The average molecular weight is 607 g/mol. The fourth-order valence-electron chi connectivity index (χ4n) is 4.44. The van der Waals surface area contributed by atoms with Gasteiger partial charge in [0.05, 0.1) is 26.3 Å². The van der Waals surface area contributed by atoms with Crippen molar-refractivity contribution >= 4 is 43.1 Å². The third-order valence-electron chi connectivity index (χ3n) is 6.53. The lowest BCUT2D eigenvalue weighted by atomic mass is 10.0. The largest absolute Gasteiger partial charge is 0.489 e. The van der Waals surface area contributed by atoms with E-state index in [2.05, 4.69) is 5.16 Å². The highest BCUT2D eigenvalue weighted by Crippen LogP contribution is 2.46. The molecule has 9 nitrogen and oxygen atoms in total. The molecule has 0 atom stereocenters. The van der Waals surface area contributed by atoms with Gasteiger partial charge in [-0.3, -0.25) is 0 Å². The summed E-state index contributed by atoms with van der Waals surface area (Å²) >= 11 is 12.9. The van der Waals surface area contributed by atoms with Crippen molar-refractivity contribution in [1.82, 2.24) is 5.16 Å². The molecule has 1 aromatic heterocycles. The highest BCUT2D eigenvalue weighted by molar-refractivity contribution is 7.90. The van der Waals surface area contributed by atoms with Gasteiger partial charge >= 0.3 is 0 Å². The second-order valence-electron chi connectivity index (χ2n) is 9.32. The Hall–Kier alpha value is -3.09. The molecule has 3 aromatic carbocycles. The molecule has 0 bridgehead atoms. The summed E-state index contributed by atoms with van der Waals surface area (Å²) in [7, 11) is -7.86. The molecule has 0 unspecified atom stereocenters. The molecule has 39 heavy (non-hydrogen) atoms. The van der Waals surface area contributed by atoms with Gasteiger partial charge in [-0.2, -0.15) is 0 Å². The molecule has 1 saturated carbocycles. The Labute approximate surface area is 234 Å². The first-order valence-corrected chi connectivity index (χ1v) is 15.7. The van der Waals surface area contributed by atoms with Gasteiger partial charge in [0.1, 0.15) is 40.2 Å². The van der Waals surface area contributed by atoms with Crippen molar-refractivity contribution in [3.63, 3.8) is 0 Å². The first kappa shape index (κ1) is 26.1. The predicted octanol–water partition coefficient (Wildman–Crippen LogP) is 5.83. The first-order chi connectivity index (χ1) is 18.5. The maximum Gasteiger partial charge on any atom is 0.238 e. The van der Waals surface area contributed by atoms with Gasteiger partial charge in [0, 0.05) is 29.2 Å². The standard InChI is InChI=1S/C26H20Cl2N2O7S2/c27-19-2-1-3-20(28)24(19)25-18(26(37-30-25)14-4-5-14)12-35-16-7-9-21-23(10-16)38(31,32)13-15-6-8-17(39(29,33)34)11-22(15)36-21/h1-3,6-11,14H,4-5,12-13H2,(H2,29,33,34). The number of sulfonamides is 1. The van der Waals surface area contributed by atoms with E-state index in [0.717, 1.165) is 12.8 Å². The Bertz CT molecular complexity index is 1830. The van der Waals surface area contributed by atoms with Gasteiger partial charge < -0.3 is 14.0 Å². The molecule has 1 aliphatic heterocycles. The van der Waals surface area contributed by atoms with Crippen molar-refractivity contribution < 1.29 is 30.8 Å². The van der Waals surface area contributed by atoms with Crippen molar-refractivity contribution in [2.24, 2.45) is 5.14 Å². The van der Waals surface area contributed by atoms with Crippen LogP contribution in [0.1, 0.15) is 35.6 Å². The molecule has 6 rings (SSSR count). The lowest BCUT2D eigenvalue weighted by molar-refractivity contribution is 0.299. The zero-order valence-electron chi connectivity index (χ0n) is 20.1. The van der Waals surface area contributed by atoms with Crippen molar-refractivity contribution in [1.29, 1.82) is 0 Å². The zero-order chi connectivity index (χ0) is 27.5. The van der Waals surface area contributed by atoms with Crippen LogP contribution in [0.15, 0.2) is 68.9 Å². The Morgan fingerprint density at radius 3 is 2.46 bits per heavy atom. The molecule has 0 spiro atoms. The third-order valence-corrected chi connectivity index (χ3v) is 9.75. The van der Waals surface area contributed by atoms with Crippen molar-refractivity contribution in [3.05, 3.63) is 81.5 Å². The number of nitrogens with two attached hydrogens (primary N) is 1. The minimum atomic E-state index is -4.00. The predicted molar refractivity (Wildman–Crippen MR) is 143 cm³/mol. The van der Waals surface area contributed by atoms with Crippen LogP contribution >= 0.6 is 23.2 Å². The fraction of sp³-hybridized carbons (Fsp3) is 0.192. The van der Waals surface area contributed by atoms with Crippen LogP contribution in [-0.4, -0.2) is 22.0 Å². The molecule has 202 valence electrons. The summed E-state index contributed by atoms with van der Waals surface area (Å²) < 4.78 is 67.6. The van der Waals surface area contributed by atoms with Gasteiger partial charge in [0.2, 0.25) is 10.0 Å². The minimum Gasteiger partial charge on any atom is -0.489 e. The fourth-order valence-corrected chi connectivity index (χ4v) is 7.06. The quantitative estimate of drug-likeness (QED) is 0.289. The summed E-state index contributed by atoms with van der Waals surface area (Å²) in [5.41, 5.74) is 1.99. The van der Waals surface area contributed by atoms with E-state index in [1.807, 2.05) is 0 Å². The van der Waals surface area contributed by atoms with Crippen LogP contribution in [0.4, 0.5) is 0 Å². The second kappa shape index (κ2) is 9.53. The van der Waals surface area contributed by atoms with E-state index in [9.17, 15) is 16.8 Å². The number of halogens is 2. The molecule has 4 aromatic rings. The minimum absolute atomic E-state index is 0.0316. The summed E-state index contributed by atoms with van der Waals surface area (Å²) in [6, 6.07) is 13.4. The number of ether oxygens (including phenoxy) is 2. The number of rotatable bonds is 6. The molecule has 2 aliphatic rings. The molecular formula is C26H20Cl2N2O7S2. The van der Waals surface area contributed by atoms with E-state index < -0.39 is 25.6 Å². The molecule has 2 heterocycles. The van der Waals surface area contributed by atoms with Crippen LogP contribution < -0.4 is 14.6 Å². The summed E-state index contributed by atoms with van der Waals surface area (Å²) in [4.78, 5) is -0.271. The molecule has 2 N–H and O–H groups in total. The SMILES string of the molecule is NS(=O)(=O)c1ccc2c(c1)Oc1ccc(OCc3c(-c4c(Cl)cccc4Cl)noc3C3CC3)cc1S(=O)(=O)C2. The molecule has 0 saturated heterocycles. The maximum absolute atomic E-state index is 13.3. The van der Waals surface area contributed by atoms with Crippen molar-refractivity contribution in [3.8, 4) is 28.5 Å². The third kappa shape index (κ3) is 5.01. The summed E-state index contributed by atoms with van der Waals surface area (Å²) in [6.45, 7) is 0.0316. The Morgan fingerprint density at radius 2 is 1.77 bits per heavy atom. The highest BCUT2D eigenvalue weighted by Gasteiger charge is 2.34. The summed E-state index contributed by atoms with van der Waals surface area (Å²) in [6.07, 6.45) is 1.92. The maximum atomic E-state index is 13.3. The van der Waals surface area contributed by atoms with Crippen LogP contribution in [0.3, 0.4) is 0 Å². The van der Waals surface area contributed by atoms with Crippen LogP contribution in [-0.2, 0) is 32.2 Å². The molecular weight excluding hydrogens is 587 g/mol. The van der Waals surface area contributed by atoms with Crippen molar-refractivity contribution in [2.45, 2.75) is 40.9 Å². The number of fused-ring (bicyclic) bond motifs is 2.